The molecule has 0 aliphatic carbocycles. The van der Waals surface area contributed by atoms with Crippen LogP contribution in [0.15, 0.2) is 73.1 Å². The molecule has 5 heteroatoms. The third kappa shape index (κ3) is 4.57. The van der Waals surface area contributed by atoms with E-state index in [-0.39, 0.29) is 18.1 Å². The summed E-state index contributed by atoms with van der Waals surface area (Å²) in [6.07, 6.45) is 3.96. The molecule has 1 heterocycles. The number of benzene rings is 2. The summed E-state index contributed by atoms with van der Waals surface area (Å²) in [6.45, 7) is 0. The summed E-state index contributed by atoms with van der Waals surface area (Å²) in [4.78, 5) is 21.5. The summed E-state index contributed by atoms with van der Waals surface area (Å²) in [5.74, 6) is -0.00215. The van der Waals surface area contributed by atoms with Crippen molar-refractivity contribution in [3.8, 4) is 11.5 Å². The Morgan fingerprint density at radius 1 is 1.00 bits per heavy atom. The third-order valence-electron chi connectivity index (χ3n) is 3.71. The minimum Gasteiger partial charge on any atom is -0.380 e. The number of hydroxylamine groups is 1. The van der Waals surface area contributed by atoms with E-state index in [1.54, 1.807) is 42.7 Å². The molecule has 0 fully saturated rings. The van der Waals surface area contributed by atoms with Crippen LogP contribution in [0.25, 0.3) is 0 Å². The smallest absolute Gasteiger partial charge is 0.257 e. The fourth-order valence-electron chi connectivity index (χ4n) is 2.50. The minimum absolute atomic E-state index is 0.0396. The Kier molecular flexibility index (Phi) is 5.26. The molecule has 25 heavy (non-hydrogen) atoms. The molecule has 0 bridgehead atoms. The highest BCUT2D eigenvalue weighted by Crippen LogP contribution is 2.24. The van der Waals surface area contributed by atoms with Crippen LogP contribution in [-0.4, -0.2) is 10.9 Å². The lowest BCUT2D eigenvalue weighted by Crippen LogP contribution is -2.28. The van der Waals surface area contributed by atoms with Gasteiger partial charge in [-0.15, -0.1) is 0 Å². The molecular weight excluding hydrogens is 316 g/mol. The highest BCUT2D eigenvalue weighted by molar-refractivity contribution is 5.79. The molecule has 0 saturated carbocycles. The van der Waals surface area contributed by atoms with Crippen LogP contribution >= 0.6 is 0 Å². The predicted molar refractivity (Wildman–Crippen MR) is 92.5 cm³/mol. The van der Waals surface area contributed by atoms with Crippen LogP contribution in [0.5, 0.6) is 11.5 Å². The number of nitrogens with zero attached hydrogens (tertiary/aromatic N) is 1. The molecule has 3 rings (SSSR count). The van der Waals surface area contributed by atoms with E-state index in [2.05, 4.69) is 10.5 Å². The van der Waals surface area contributed by atoms with Crippen molar-refractivity contribution in [3.63, 3.8) is 0 Å². The lowest BCUT2D eigenvalue weighted by atomic mass is 9.97. The molecule has 1 amide bonds. The van der Waals surface area contributed by atoms with E-state index in [4.69, 9.17) is 4.84 Å². The molecule has 0 aliphatic rings. The summed E-state index contributed by atoms with van der Waals surface area (Å²) >= 11 is 0. The van der Waals surface area contributed by atoms with Gasteiger partial charge >= 0.3 is 0 Å². The van der Waals surface area contributed by atoms with Crippen LogP contribution in [0.4, 0.5) is 0 Å². The number of amides is 1. The first-order chi connectivity index (χ1) is 12.2. The molecule has 0 unspecified atom stereocenters. The summed E-state index contributed by atoms with van der Waals surface area (Å²) in [5.41, 5.74) is 4.65. The molecule has 0 atom stereocenters. The second kappa shape index (κ2) is 7.97. The Hall–Kier alpha value is -3.34. The molecule has 1 aromatic heterocycles. The monoisotopic (exact) mass is 333 g/mol. The van der Waals surface area contributed by atoms with E-state index >= 15 is 0 Å². The number of hydrogen-bond donors (Lipinski definition) is 1. The number of para-hydroxylation sites is 1. The summed E-state index contributed by atoms with van der Waals surface area (Å²) in [7, 11) is 0. The zero-order valence-corrected chi connectivity index (χ0v) is 13.5. The highest BCUT2D eigenvalue weighted by Gasteiger charge is 2.14. The van der Waals surface area contributed by atoms with E-state index in [0.717, 1.165) is 11.1 Å². The molecule has 0 aliphatic heterocycles. The van der Waals surface area contributed by atoms with E-state index in [1.165, 1.54) is 6.07 Å². The molecule has 3 aromatic rings. The fourth-order valence-corrected chi connectivity index (χ4v) is 2.50. The largest absolute Gasteiger partial charge is 0.380 e. The number of hydrogen-bond acceptors (Lipinski definition) is 3. The van der Waals surface area contributed by atoms with Crippen LogP contribution in [0.1, 0.15) is 16.7 Å². The third-order valence-corrected chi connectivity index (χ3v) is 3.71. The normalized spacial score (nSPS) is 10.2. The Labute approximate surface area is 145 Å². The van der Waals surface area contributed by atoms with Gasteiger partial charge < -0.3 is 4.84 Å². The van der Waals surface area contributed by atoms with Gasteiger partial charge in [-0.25, -0.2) is 0 Å². The molecule has 5 nitrogen and oxygen atoms in total. The highest BCUT2D eigenvalue weighted by atomic mass is 16.7. The van der Waals surface area contributed by atoms with Gasteiger partial charge in [-0.1, -0.05) is 36.4 Å². The van der Waals surface area contributed by atoms with Gasteiger partial charge in [0.15, 0.2) is 11.5 Å². The van der Waals surface area contributed by atoms with Gasteiger partial charge in [-0.05, 0) is 41.8 Å². The first kappa shape index (κ1) is 16.5. The molecule has 2 aromatic carbocycles. The standard InChI is InChI=1S/C20H17N2O3/c23-19-10-4-7-16(12-15-6-5-11-21-14-15)18(19)13-20(24)22-25-17-8-2-1-3-9-17/h1-11,14H,12-13H2,(H,22,24). The lowest BCUT2D eigenvalue weighted by Gasteiger charge is -2.11. The zero-order valence-electron chi connectivity index (χ0n) is 13.5. The van der Waals surface area contributed by atoms with Gasteiger partial charge in [-0.3, -0.25) is 14.9 Å². The Morgan fingerprint density at radius 3 is 2.60 bits per heavy atom. The number of nitrogens with one attached hydrogen (secondary N) is 1. The predicted octanol–water partition coefficient (Wildman–Crippen LogP) is 3.47. The van der Waals surface area contributed by atoms with Crippen molar-refractivity contribution in [2.75, 3.05) is 0 Å². The van der Waals surface area contributed by atoms with Crippen molar-refractivity contribution in [1.82, 2.24) is 10.5 Å². The molecule has 0 spiro atoms. The van der Waals surface area contributed by atoms with Gasteiger partial charge in [0.2, 0.25) is 0 Å². The van der Waals surface area contributed by atoms with Crippen molar-refractivity contribution < 1.29 is 14.7 Å². The summed E-state index contributed by atoms with van der Waals surface area (Å²) in [6, 6.07) is 17.7. The Bertz CT molecular complexity index is 836. The van der Waals surface area contributed by atoms with Gasteiger partial charge in [-0.2, -0.15) is 5.48 Å². The topological polar surface area (TPSA) is 71.1 Å². The summed E-state index contributed by atoms with van der Waals surface area (Å²) < 4.78 is 0. The van der Waals surface area contributed by atoms with E-state index in [1.807, 2.05) is 24.3 Å². The van der Waals surface area contributed by atoms with Crippen LogP contribution in [0.2, 0.25) is 0 Å². The molecule has 0 saturated heterocycles. The van der Waals surface area contributed by atoms with E-state index < -0.39 is 0 Å². The van der Waals surface area contributed by atoms with Crippen LogP contribution < -0.4 is 10.3 Å². The van der Waals surface area contributed by atoms with Crippen LogP contribution in [0, 0.1) is 0 Å². The average Bonchev–Trinajstić information content (AvgIpc) is 2.65. The molecule has 1 N–H and O–H groups in total. The number of rotatable bonds is 6. The Balaban J connectivity index is 1.70. The van der Waals surface area contributed by atoms with Gasteiger partial charge in [0, 0.05) is 18.0 Å². The van der Waals surface area contributed by atoms with E-state index in [9.17, 15) is 9.90 Å². The van der Waals surface area contributed by atoms with Gasteiger partial charge in [0.25, 0.3) is 5.91 Å². The van der Waals surface area contributed by atoms with Crippen molar-refractivity contribution in [1.29, 1.82) is 0 Å². The molecule has 1 radical (unpaired) electrons. The maximum atomic E-state index is 12.2. The van der Waals surface area contributed by atoms with Crippen molar-refractivity contribution in [2.24, 2.45) is 0 Å². The molecule has 125 valence electrons. The molecular formula is C20H17N2O3. The van der Waals surface area contributed by atoms with Crippen LogP contribution in [0.3, 0.4) is 0 Å². The first-order valence-corrected chi connectivity index (χ1v) is 7.90. The number of carbonyl (C=O) groups is 1. The number of aromatic nitrogens is 1. The van der Waals surface area contributed by atoms with Gasteiger partial charge in [0.05, 0.1) is 6.42 Å². The SMILES string of the molecule is [O]c1cccc(Cc2cccnc2)c1CC(=O)NOc1ccccc1. The number of pyridine rings is 1. The first-order valence-electron chi connectivity index (χ1n) is 7.90. The van der Waals surface area contributed by atoms with Crippen molar-refractivity contribution in [3.05, 3.63) is 89.7 Å². The summed E-state index contributed by atoms with van der Waals surface area (Å²) in [5, 5.41) is 12.2. The maximum Gasteiger partial charge on any atom is 0.257 e. The van der Waals surface area contributed by atoms with E-state index in [0.29, 0.717) is 17.7 Å². The van der Waals surface area contributed by atoms with Crippen molar-refractivity contribution >= 4 is 5.91 Å². The van der Waals surface area contributed by atoms with Gasteiger partial charge in [0.1, 0.15) is 0 Å². The number of carbonyl (C=O) groups excluding carboxylic acids is 1. The average molecular weight is 333 g/mol. The lowest BCUT2D eigenvalue weighted by molar-refractivity contribution is -0.127. The minimum atomic E-state index is -0.375. The second-order valence-electron chi connectivity index (χ2n) is 5.55. The fraction of sp³-hybridized carbons (Fsp3) is 0.100. The second-order valence-corrected chi connectivity index (χ2v) is 5.55. The zero-order chi connectivity index (χ0) is 17.5. The quantitative estimate of drug-likeness (QED) is 0.702. The van der Waals surface area contributed by atoms with Crippen molar-refractivity contribution in [2.45, 2.75) is 12.8 Å². The Morgan fingerprint density at radius 2 is 1.84 bits per heavy atom. The maximum absolute atomic E-state index is 12.2. The van der Waals surface area contributed by atoms with Crippen LogP contribution in [-0.2, 0) is 22.7 Å².